The molecule has 0 spiro atoms. The number of tetrazole rings is 1. The molecule has 1 saturated carbocycles. The fourth-order valence-corrected chi connectivity index (χ4v) is 5.52. The van der Waals surface area contributed by atoms with Gasteiger partial charge in [-0.2, -0.15) is 0 Å². The summed E-state index contributed by atoms with van der Waals surface area (Å²) < 4.78 is 14.6. The molecule has 1 aliphatic carbocycles. The summed E-state index contributed by atoms with van der Waals surface area (Å²) in [4.78, 5) is 26.1. The van der Waals surface area contributed by atoms with E-state index in [-0.39, 0.29) is 23.6 Å². The van der Waals surface area contributed by atoms with Crippen molar-refractivity contribution in [3.05, 3.63) is 70.3 Å². The normalized spacial score (nSPS) is 16.5. The van der Waals surface area contributed by atoms with E-state index in [1.807, 2.05) is 41.1 Å². The second kappa shape index (κ2) is 11.3. The number of carbonyl (C=O) groups is 1. The highest BCUT2D eigenvalue weighted by atomic mass is 16.5. The molecule has 2 aliphatic rings. The summed E-state index contributed by atoms with van der Waals surface area (Å²) in [6.45, 7) is 0.496. The Morgan fingerprint density at radius 3 is 2.74 bits per heavy atom. The van der Waals surface area contributed by atoms with Crippen LogP contribution < -0.4 is 20.3 Å². The van der Waals surface area contributed by atoms with Gasteiger partial charge in [0, 0.05) is 29.1 Å². The predicted octanol–water partition coefficient (Wildman–Crippen LogP) is 4.88. The van der Waals surface area contributed by atoms with Crippen molar-refractivity contribution in [2.24, 2.45) is 0 Å². The quantitative estimate of drug-likeness (QED) is 0.297. The van der Waals surface area contributed by atoms with Crippen molar-refractivity contribution in [2.75, 3.05) is 11.9 Å². The van der Waals surface area contributed by atoms with E-state index in [9.17, 15) is 9.59 Å². The van der Waals surface area contributed by atoms with E-state index in [2.05, 4.69) is 25.8 Å². The van der Waals surface area contributed by atoms with Gasteiger partial charge in [-0.25, -0.2) is 4.68 Å². The van der Waals surface area contributed by atoms with Crippen molar-refractivity contribution in [2.45, 2.75) is 69.9 Å². The van der Waals surface area contributed by atoms with E-state index >= 15 is 0 Å². The van der Waals surface area contributed by atoms with Gasteiger partial charge in [-0.15, -0.1) is 5.10 Å². The number of amides is 1. The van der Waals surface area contributed by atoms with Crippen LogP contribution in [0.5, 0.6) is 11.5 Å². The smallest absolute Gasteiger partial charge is 0.248 e. The first kappa shape index (κ1) is 25.1. The summed E-state index contributed by atoms with van der Waals surface area (Å²) in [5.41, 5.74) is 2.57. The molecule has 39 heavy (non-hydrogen) atoms. The Labute approximate surface area is 225 Å². The van der Waals surface area contributed by atoms with Gasteiger partial charge < -0.3 is 19.8 Å². The summed E-state index contributed by atoms with van der Waals surface area (Å²) in [5, 5.41) is 16.7. The molecule has 2 N–H and O–H groups in total. The third-order valence-corrected chi connectivity index (χ3v) is 7.55. The standard InChI is InChI=1S/C29H32N6O4/c36-27-14-8-19-17-22(10-12-24(19)30-27)38-16-4-7-26(29-32-33-34-35(29)21-5-2-1-3-6-21)39-23-11-13-25-20(18-23)9-15-28(37)31-25/h8,10-14,17-18,21,26H,1-7,9,15-16H2,(H,30,36)(H,31,37). The Bertz CT molecular complexity index is 1520. The lowest BCUT2D eigenvalue weighted by Gasteiger charge is -2.26. The van der Waals surface area contributed by atoms with Crippen LogP contribution in [0.2, 0.25) is 0 Å². The minimum Gasteiger partial charge on any atom is -0.494 e. The molecule has 1 amide bonds. The van der Waals surface area contributed by atoms with E-state index in [1.165, 1.54) is 25.3 Å². The van der Waals surface area contributed by atoms with Crippen molar-refractivity contribution in [3.8, 4) is 11.5 Å². The minimum atomic E-state index is -0.344. The minimum absolute atomic E-state index is 0.0420. The van der Waals surface area contributed by atoms with Gasteiger partial charge >= 0.3 is 0 Å². The maximum Gasteiger partial charge on any atom is 0.248 e. The molecule has 3 heterocycles. The Kier molecular flexibility index (Phi) is 7.25. The predicted molar refractivity (Wildman–Crippen MR) is 146 cm³/mol. The monoisotopic (exact) mass is 528 g/mol. The maximum atomic E-state index is 11.8. The van der Waals surface area contributed by atoms with Crippen molar-refractivity contribution in [1.82, 2.24) is 25.2 Å². The lowest BCUT2D eigenvalue weighted by atomic mass is 9.95. The van der Waals surface area contributed by atoms with E-state index in [0.29, 0.717) is 25.9 Å². The number of pyridine rings is 1. The molecule has 10 heteroatoms. The molecule has 0 bridgehead atoms. The molecule has 2 aromatic carbocycles. The molecule has 0 saturated heterocycles. The number of aromatic nitrogens is 5. The zero-order valence-electron chi connectivity index (χ0n) is 21.8. The number of hydrogen-bond donors (Lipinski definition) is 2. The summed E-state index contributed by atoms with van der Waals surface area (Å²) in [6, 6.07) is 15.0. The molecule has 0 radical (unpaired) electrons. The molecule has 1 unspecified atom stereocenters. The van der Waals surface area contributed by atoms with Gasteiger partial charge in [-0.3, -0.25) is 9.59 Å². The second-order valence-corrected chi connectivity index (χ2v) is 10.3. The fraction of sp³-hybridized carbons (Fsp3) is 0.414. The van der Waals surface area contributed by atoms with Gasteiger partial charge in [0.2, 0.25) is 11.5 Å². The molecule has 4 aromatic rings. The van der Waals surface area contributed by atoms with Crippen LogP contribution in [-0.4, -0.2) is 37.7 Å². The van der Waals surface area contributed by atoms with E-state index in [4.69, 9.17) is 9.47 Å². The lowest BCUT2D eigenvalue weighted by Crippen LogP contribution is -2.22. The van der Waals surface area contributed by atoms with Gasteiger partial charge in [-0.1, -0.05) is 19.3 Å². The third kappa shape index (κ3) is 5.79. The number of carbonyl (C=O) groups excluding carboxylic acids is 1. The number of aryl methyl sites for hydroxylation is 1. The zero-order valence-corrected chi connectivity index (χ0v) is 21.8. The number of H-pyrrole nitrogens is 1. The first-order chi connectivity index (χ1) is 19.1. The number of aromatic amines is 1. The Hall–Kier alpha value is -4.21. The van der Waals surface area contributed by atoms with Gasteiger partial charge in [-0.05, 0) is 90.6 Å². The van der Waals surface area contributed by atoms with Crippen molar-refractivity contribution in [1.29, 1.82) is 0 Å². The SMILES string of the molecule is O=C1CCc2cc(OC(CCCOc3ccc4[nH]c(=O)ccc4c3)c3nnnn3C3CCCCC3)ccc2N1. The summed E-state index contributed by atoms with van der Waals surface area (Å²) >= 11 is 0. The Morgan fingerprint density at radius 2 is 1.85 bits per heavy atom. The number of ether oxygens (including phenoxy) is 2. The molecular weight excluding hydrogens is 496 g/mol. The Morgan fingerprint density at radius 1 is 0.974 bits per heavy atom. The van der Waals surface area contributed by atoms with Crippen LogP contribution >= 0.6 is 0 Å². The van der Waals surface area contributed by atoms with Gasteiger partial charge in [0.25, 0.3) is 0 Å². The number of benzene rings is 2. The number of rotatable bonds is 9. The third-order valence-electron chi connectivity index (χ3n) is 7.55. The highest BCUT2D eigenvalue weighted by Crippen LogP contribution is 2.34. The number of nitrogens with zero attached hydrogens (tertiary/aromatic N) is 4. The molecule has 10 nitrogen and oxygen atoms in total. The summed E-state index contributed by atoms with van der Waals surface area (Å²) in [6.07, 6.45) is 7.97. The summed E-state index contributed by atoms with van der Waals surface area (Å²) in [5.74, 6) is 2.26. The van der Waals surface area contributed by atoms with E-state index < -0.39 is 0 Å². The molecule has 1 aliphatic heterocycles. The second-order valence-electron chi connectivity index (χ2n) is 10.3. The molecular formula is C29H32N6O4. The fourth-order valence-electron chi connectivity index (χ4n) is 5.52. The van der Waals surface area contributed by atoms with Crippen molar-refractivity contribution in [3.63, 3.8) is 0 Å². The lowest BCUT2D eigenvalue weighted by molar-refractivity contribution is -0.116. The molecule has 1 atom stereocenters. The largest absolute Gasteiger partial charge is 0.494 e. The first-order valence-electron chi connectivity index (χ1n) is 13.8. The van der Waals surface area contributed by atoms with Crippen LogP contribution in [0.3, 0.4) is 0 Å². The summed E-state index contributed by atoms with van der Waals surface area (Å²) in [7, 11) is 0. The number of nitrogens with one attached hydrogen (secondary N) is 2. The first-order valence-corrected chi connectivity index (χ1v) is 13.8. The van der Waals surface area contributed by atoms with Crippen LogP contribution in [-0.2, 0) is 11.2 Å². The highest BCUT2D eigenvalue weighted by Gasteiger charge is 2.27. The number of hydrogen-bond acceptors (Lipinski definition) is 7. The van der Waals surface area contributed by atoms with Crippen molar-refractivity contribution < 1.29 is 14.3 Å². The van der Waals surface area contributed by atoms with Crippen LogP contribution in [0.25, 0.3) is 10.9 Å². The topological polar surface area (TPSA) is 124 Å². The molecule has 2 aromatic heterocycles. The van der Waals surface area contributed by atoms with E-state index in [1.54, 1.807) is 6.07 Å². The highest BCUT2D eigenvalue weighted by molar-refractivity contribution is 5.94. The van der Waals surface area contributed by atoms with E-state index in [0.717, 1.165) is 58.7 Å². The van der Waals surface area contributed by atoms with Gasteiger partial charge in [0.1, 0.15) is 11.5 Å². The van der Waals surface area contributed by atoms with Crippen LogP contribution in [0, 0.1) is 0 Å². The van der Waals surface area contributed by atoms with Gasteiger partial charge in [0.05, 0.1) is 12.6 Å². The average Bonchev–Trinajstić information content (AvgIpc) is 3.45. The zero-order chi connectivity index (χ0) is 26.6. The van der Waals surface area contributed by atoms with Crippen molar-refractivity contribution >= 4 is 22.5 Å². The number of fused-ring (bicyclic) bond motifs is 2. The van der Waals surface area contributed by atoms with Gasteiger partial charge in [0.15, 0.2) is 11.9 Å². The van der Waals surface area contributed by atoms with Crippen LogP contribution in [0.1, 0.15) is 74.9 Å². The molecule has 202 valence electrons. The Balaban J connectivity index is 1.17. The molecule has 6 rings (SSSR count). The maximum absolute atomic E-state index is 11.8. The van der Waals surface area contributed by atoms with Crippen LogP contribution in [0.15, 0.2) is 53.3 Å². The van der Waals surface area contributed by atoms with Crippen LogP contribution in [0.4, 0.5) is 5.69 Å². The number of anilines is 1. The molecule has 1 fully saturated rings. The average molecular weight is 529 g/mol.